The Kier molecular flexibility index (Phi) is 6.03. The first kappa shape index (κ1) is 15.7. The van der Waals surface area contributed by atoms with Crippen molar-refractivity contribution in [2.45, 2.75) is 59.1 Å². The highest BCUT2D eigenvalue weighted by atomic mass is 16.7. The maximum Gasteiger partial charge on any atom is 0.233 e. The monoisotopic (exact) mass is 262 g/mol. The quantitative estimate of drug-likeness (QED) is 0.556. The van der Waals surface area contributed by atoms with E-state index in [-0.39, 0.29) is 5.60 Å². The summed E-state index contributed by atoms with van der Waals surface area (Å²) < 4.78 is 0. The Morgan fingerprint density at radius 3 is 2.68 bits per heavy atom. The second kappa shape index (κ2) is 7.29. The van der Waals surface area contributed by atoms with Crippen molar-refractivity contribution >= 4 is 6.41 Å². The molecule has 0 aliphatic heterocycles. The van der Waals surface area contributed by atoms with Crippen LogP contribution in [0.4, 0.5) is 0 Å². The highest BCUT2D eigenvalue weighted by Crippen LogP contribution is 2.16. The van der Waals surface area contributed by atoms with E-state index in [0.717, 1.165) is 31.2 Å². The number of carbonyl (C=O) groups excluding carboxylic acids is 1. The second-order valence-corrected chi connectivity index (χ2v) is 5.68. The van der Waals surface area contributed by atoms with Gasteiger partial charge in [-0.25, -0.2) is 5.06 Å². The highest BCUT2D eigenvalue weighted by Gasteiger charge is 2.17. The Hall–Kier alpha value is -1.35. The molecule has 0 bridgehead atoms. The molecule has 1 rings (SSSR count). The molecule has 0 saturated heterocycles. The van der Waals surface area contributed by atoms with Crippen molar-refractivity contribution < 1.29 is 9.63 Å². The van der Waals surface area contributed by atoms with Crippen molar-refractivity contribution in [2.75, 3.05) is 0 Å². The fourth-order valence-corrected chi connectivity index (χ4v) is 1.87. The third kappa shape index (κ3) is 5.88. The molecule has 0 atom stereocenters. The molecule has 0 spiro atoms. The summed E-state index contributed by atoms with van der Waals surface area (Å²) in [5, 5.41) is 1.36. The van der Waals surface area contributed by atoms with E-state index in [2.05, 4.69) is 19.1 Å². The Morgan fingerprint density at radius 1 is 1.37 bits per heavy atom. The SMILES string of the molecule is CCCCc1cc[c]cc1CN(C=O)OC(C)(C)C. The van der Waals surface area contributed by atoms with E-state index < -0.39 is 0 Å². The first-order valence-corrected chi connectivity index (χ1v) is 6.85. The predicted molar refractivity (Wildman–Crippen MR) is 76.3 cm³/mol. The van der Waals surface area contributed by atoms with E-state index in [1.54, 1.807) is 0 Å². The van der Waals surface area contributed by atoms with Crippen LogP contribution >= 0.6 is 0 Å². The van der Waals surface area contributed by atoms with Crippen LogP contribution < -0.4 is 0 Å². The molecule has 19 heavy (non-hydrogen) atoms. The summed E-state index contributed by atoms with van der Waals surface area (Å²) in [6.07, 6.45) is 4.08. The molecule has 105 valence electrons. The average Bonchev–Trinajstić information content (AvgIpc) is 2.35. The number of aryl methyl sites for hydroxylation is 1. The van der Waals surface area contributed by atoms with Crippen LogP contribution in [0.15, 0.2) is 18.2 Å². The summed E-state index contributed by atoms with van der Waals surface area (Å²) in [5.41, 5.74) is 2.00. The molecule has 0 aliphatic carbocycles. The number of unbranched alkanes of at least 4 members (excludes halogenated alkanes) is 1. The highest BCUT2D eigenvalue weighted by molar-refractivity contribution is 5.46. The van der Waals surface area contributed by atoms with E-state index in [9.17, 15) is 4.79 Å². The van der Waals surface area contributed by atoms with Gasteiger partial charge in [-0.2, -0.15) is 0 Å². The Morgan fingerprint density at radius 2 is 2.11 bits per heavy atom. The van der Waals surface area contributed by atoms with Crippen molar-refractivity contribution in [2.24, 2.45) is 0 Å². The molecule has 0 unspecified atom stereocenters. The van der Waals surface area contributed by atoms with Gasteiger partial charge in [-0.3, -0.25) is 9.63 Å². The molecular weight excluding hydrogens is 238 g/mol. The number of carbonyl (C=O) groups is 1. The zero-order valence-electron chi connectivity index (χ0n) is 12.4. The van der Waals surface area contributed by atoms with Gasteiger partial charge in [0.1, 0.15) is 0 Å². The van der Waals surface area contributed by atoms with Crippen LogP contribution in [0.5, 0.6) is 0 Å². The predicted octanol–water partition coefficient (Wildman–Crippen LogP) is 3.52. The summed E-state index contributed by atoms with van der Waals surface area (Å²) in [6.45, 7) is 8.43. The van der Waals surface area contributed by atoms with Gasteiger partial charge in [0.15, 0.2) is 0 Å². The minimum absolute atomic E-state index is 0.372. The van der Waals surface area contributed by atoms with Gasteiger partial charge < -0.3 is 0 Å². The lowest BCUT2D eigenvalue weighted by molar-refractivity contribution is -0.220. The fraction of sp³-hybridized carbons (Fsp3) is 0.562. The number of hydroxylamine groups is 2. The minimum atomic E-state index is -0.372. The summed E-state index contributed by atoms with van der Waals surface area (Å²) >= 11 is 0. The Labute approximate surface area is 116 Å². The molecule has 0 aromatic heterocycles. The summed E-state index contributed by atoms with van der Waals surface area (Å²) in [6, 6.07) is 9.01. The third-order valence-electron chi connectivity index (χ3n) is 2.69. The van der Waals surface area contributed by atoms with E-state index in [1.807, 2.05) is 32.9 Å². The first-order valence-electron chi connectivity index (χ1n) is 6.85. The Balaban J connectivity index is 2.76. The third-order valence-corrected chi connectivity index (χ3v) is 2.69. The van der Waals surface area contributed by atoms with Crippen molar-refractivity contribution in [1.82, 2.24) is 5.06 Å². The molecule has 1 aromatic carbocycles. The number of hydrogen-bond acceptors (Lipinski definition) is 2. The summed E-state index contributed by atoms with van der Waals surface area (Å²) in [7, 11) is 0. The van der Waals surface area contributed by atoms with Crippen molar-refractivity contribution in [3.63, 3.8) is 0 Å². The number of nitrogens with zero attached hydrogens (tertiary/aromatic N) is 1. The fourth-order valence-electron chi connectivity index (χ4n) is 1.87. The van der Waals surface area contributed by atoms with Gasteiger partial charge in [-0.05, 0) is 56.9 Å². The summed E-state index contributed by atoms with van der Waals surface area (Å²) in [4.78, 5) is 16.7. The van der Waals surface area contributed by atoms with Gasteiger partial charge in [-0.15, -0.1) is 0 Å². The van der Waals surface area contributed by atoms with Crippen molar-refractivity contribution in [1.29, 1.82) is 0 Å². The van der Waals surface area contributed by atoms with Crippen LogP contribution in [0.2, 0.25) is 0 Å². The van der Waals surface area contributed by atoms with Gasteiger partial charge in [-0.1, -0.05) is 25.5 Å². The van der Waals surface area contributed by atoms with Crippen LogP contribution in [-0.4, -0.2) is 17.1 Å². The smallest absolute Gasteiger partial charge is 0.233 e. The maximum absolute atomic E-state index is 11.1. The number of benzene rings is 1. The first-order chi connectivity index (χ1) is 8.96. The van der Waals surface area contributed by atoms with Gasteiger partial charge >= 0.3 is 0 Å². The Bertz CT molecular complexity index is 396. The second-order valence-electron chi connectivity index (χ2n) is 5.68. The lowest BCUT2D eigenvalue weighted by Gasteiger charge is -2.27. The molecule has 1 aromatic rings. The summed E-state index contributed by atoms with van der Waals surface area (Å²) in [5.74, 6) is 0. The normalized spacial score (nSPS) is 11.4. The molecule has 1 amide bonds. The largest absolute Gasteiger partial charge is 0.276 e. The minimum Gasteiger partial charge on any atom is -0.276 e. The molecule has 0 N–H and O–H groups in total. The average molecular weight is 262 g/mol. The van der Waals surface area contributed by atoms with E-state index in [0.29, 0.717) is 6.54 Å². The molecule has 0 aliphatic rings. The topological polar surface area (TPSA) is 29.5 Å². The molecule has 3 nitrogen and oxygen atoms in total. The van der Waals surface area contributed by atoms with E-state index >= 15 is 0 Å². The zero-order valence-corrected chi connectivity index (χ0v) is 12.4. The number of amides is 1. The van der Waals surface area contributed by atoms with Crippen molar-refractivity contribution in [3.05, 3.63) is 35.4 Å². The lowest BCUT2D eigenvalue weighted by Crippen LogP contribution is -2.32. The molecule has 0 fully saturated rings. The zero-order chi connectivity index (χ0) is 14.3. The van der Waals surface area contributed by atoms with Gasteiger partial charge in [0, 0.05) is 0 Å². The molecule has 0 heterocycles. The molecule has 3 heteroatoms. The molecule has 1 radical (unpaired) electrons. The maximum atomic E-state index is 11.1. The van der Waals surface area contributed by atoms with Crippen LogP contribution in [-0.2, 0) is 22.6 Å². The molecular formula is C16H24NO2. The van der Waals surface area contributed by atoms with E-state index in [1.165, 1.54) is 10.6 Å². The van der Waals surface area contributed by atoms with E-state index in [4.69, 9.17) is 4.84 Å². The van der Waals surface area contributed by atoms with Gasteiger partial charge in [0.05, 0.1) is 12.1 Å². The van der Waals surface area contributed by atoms with Crippen LogP contribution in [0.3, 0.4) is 0 Å². The molecule has 0 saturated carbocycles. The number of rotatable bonds is 7. The van der Waals surface area contributed by atoms with Crippen LogP contribution in [0.1, 0.15) is 51.7 Å². The number of hydrogen-bond donors (Lipinski definition) is 0. The lowest BCUT2D eigenvalue weighted by atomic mass is 10.0. The van der Waals surface area contributed by atoms with Gasteiger partial charge in [0.25, 0.3) is 0 Å². The van der Waals surface area contributed by atoms with Gasteiger partial charge in [0.2, 0.25) is 6.41 Å². The van der Waals surface area contributed by atoms with Crippen LogP contribution in [0, 0.1) is 6.07 Å². The standard InChI is InChI=1S/C16H24NO2/c1-5-6-9-14-10-7-8-11-15(14)12-17(13-18)19-16(2,3)4/h7,10-11,13H,5-6,9,12H2,1-4H3. The van der Waals surface area contributed by atoms with Crippen LogP contribution in [0.25, 0.3) is 0 Å². The van der Waals surface area contributed by atoms with Crippen molar-refractivity contribution in [3.8, 4) is 0 Å².